The summed E-state index contributed by atoms with van der Waals surface area (Å²) in [5.74, 6) is -0.482. The molecule has 118 valence electrons. The summed E-state index contributed by atoms with van der Waals surface area (Å²) >= 11 is 0. The van der Waals surface area contributed by atoms with Gasteiger partial charge in [-0.3, -0.25) is 0 Å². The molecule has 0 nitrogen and oxygen atoms in total. The molecule has 0 unspecified atom stereocenters. The monoisotopic (exact) mass is 318 g/mol. The van der Waals surface area contributed by atoms with Gasteiger partial charge in [-0.25, -0.2) is 8.78 Å². The molecular formula is C22H16F2. The summed E-state index contributed by atoms with van der Waals surface area (Å²) < 4.78 is 25.9. The summed E-state index contributed by atoms with van der Waals surface area (Å²) in [6, 6.07) is 20.7. The van der Waals surface area contributed by atoms with E-state index >= 15 is 0 Å². The summed E-state index contributed by atoms with van der Waals surface area (Å²) in [5, 5.41) is 0. The van der Waals surface area contributed by atoms with Gasteiger partial charge in [0.05, 0.1) is 0 Å². The van der Waals surface area contributed by atoms with Crippen LogP contribution >= 0.6 is 0 Å². The topological polar surface area (TPSA) is 0 Å². The fraction of sp³-hybridized carbons (Fsp3) is 0. The van der Waals surface area contributed by atoms with Gasteiger partial charge in [0, 0.05) is 0 Å². The van der Waals surface area contributed by atoms with Gasteiger partial charge in [-0.05, 0) is 46.5 Å². The van der Waals surface area contributed by atoms with Gasteiger partial charge in [-0.1, -0.05) is 72.8 Å². The van der Waals surface area contributed by atoms with Crippen molar-refractivity contribution in [3.63, 3.8) is 0 Å². The van der Waals surface area contributed by atoms with Crippen molar-refractivity contribution in [3.05, 3.63) is 107 Å². The van der Waals surface area contributed by atoms with E-state index in [2.05, 4.69) is 0 Å². The number of hydrogen-bond acceptors (Lipinski definition) is 0. The molecule has 0 bridgehead atoms. The van der Waals surface area contributed by atoms with Crippen LogP contribution in [-0.4, -0.2) is 0 Å². The molecule has 0 aromatic heterocycles. The van der Waals surface area contributed by atoms with E-state index in [1.54, 1.807) is 24.3 Å². The first-order valence-electron chi connectivity index (χ1n) is 7.67. The fourth-order valence-corrected chi connectivity index (χ4v) is 2.33. The van der Waals surface area contributed by atoms with Gasteiger partial charge in [-0.2, -0.15) is 0 Å². The molecule has 0 amide bonds. The molecule has 0 saturated heterocycles. The highest BCUT2D eigenvalue weighted by molar-refractivity contribution is 5.79. The van der Waals surface area contributed by atoms with E-state index in [4.69, 9.17) is 0 Å². The summed E-state index contributed by atoms with van der Waals surface area (Å²) in [6.07, 6.45) is 7.89. The highest BCUT2D eigenvalue weighted by Crippen LogP contribution is 2.17. The molecule has 0 aliphatic rings. The van der Waals surface area contributed by atoms with E-state index in [-0.39, 0.29) is 11.6 Å². The zero-order chi connectivity index (χ0) is 16.8. The Labute approximate surface area is 140 Å². The Morgan fingerprint density at radius 1 is 0.458 bits per heavy atom. The first-order valence-corrected chi connectivity index (χ1v) is 7.67. The standard InChI is InChI=1S/C22H16F2/c23-21-13-7-17(8-14-21)5-11-19-3-1-2-4-20(19)12-6-18-9-15-22(24)16-10-18/h1-16H. The predicted molar refractivity (Wildman–Crippen MR) is 97.1 cm³/mol. The maximum atomic E-state index is 12.9. The van der Waals surface area contributed by atoms with Crippen LogP contribution < -0.4 is 0 Å². The molecular weight excluding hydrogens is 302 g/mol. The van der Waals surface area contributed by atoms with Crippen LogP contribution in [-0.2, 0) is 0 Å². The van der Waals surface area contributed by atoms with Crippen molar-refractivity contribution in [2.24, 2.45) is 0 Å². The Morgan fingerprint density at radius 3 is 1.21 bits per heavy atom. The normalized spacial score (nSPS) is 11.4. The molecule has 0 aliphatic heterocycles. The van der Waals surface area contributed by atoms with Crippen LogP contribution in [0, 0.1) is 11.6 Å². The minimum absolute atomic E-state index is 0.241. The minimum Gasteiger partial charge on any atom is -0.207 e. The van der Waals surface area contributed by atoms with Crippen LogP contribution in [0.4, 0.5) is 8.78 Å². The lowest BCUT2D eigenvalue weighted by molar-refractivity contribution is 0.627. The number of hydrogen-bond donors (Lipinski definition) is 0. The van der Waals surface area contributed by atoms with Gasteiger partial charge in [0.15, 0.2) is 0 Å². The number of benzene rings is 3. The Bertz CT molecular complexity index is 783. The average molecular weight is 318 g/mol. The van der Waals surface area contributed by atoms with Gasteiger partial charge >= 0.3 is 0 Å². The van der Waals surface area contributed by atoms with Crippen molar-refractivity contribution in [1.29, 1.82) is 0 Å². The SMILES string of the molecule is Fc1ccc(C=Cc2ccccc2C=Cc2ccc(F)cc2)cc1. The van der Waals surface area contributed by atoms with Crippen LogP contribution in [0.15, 0.2) is 72.8 Å². The summed E-state index contributed by atoms with van der Waals surface area (Å²) in [5.41, 5.74) is 3.99. The summed E-state index contributed by atoms with van der Waals surface area (Å²) in [4.78, 5) is 0. The molecule has 0 fully saturated rings. The average Bonchev–Trinajstić information content (AvgIpc) is 2.61. The van der Waals surface area contributed by atoms with Crippen molar-refractivity contribution in [3.8, 4) is 0 Å². The zero-order valence-electron chi connectivity index (χ0n) is 13.0. The van der Waals surface area contributed by atoms with Gasteiger partial charge in [0.25, 0.3) is 0 Å². The molecule has 3 aromatic carbocycles. The Balaban J connectivity index is 1.82. The Kier molecular flexibility index (Phi) is 4.97. The maximum absolute atomic E-state index is 12.9. The third kappa shape index (κ3) is 4.26. The highest BCUT2D eigenvalue weighted by Gasteiger charge is 1.96. The lowest BCUT2D eigenvalue weighted by Gasteiger charge is -2.01. The van der Waals surface area contributed by atoms with Crippen LogP contribution in [0.1, 0.15) is 22.3 Å². The zero-order valence-corrected chi connectivity index (χ0v) is 13.0. The molecule has 0 heterocycles. The maximum Gasteiger partial charge on any atom is 0.123 e. The number of halogens is 2. The molecule has 2 heteroatoms. The molecule has 3 aromatic rings. The summed E-state index contributed by atoms with van der Waals surface area (Å²) in [6.45, 7) is 0. The molecule has 0 radical (unpaired) electrons. The van der Waals surface area contributed by atoms with Crippen molar-refractivity contribution >= 4 is 24.3 Å². The van der Waals surface area contributed by atoms with E-state index in [0.29, 0.717) is 0 Å². The van der Waals surface area contributed by atoms with Crippen LogP contribution in [0.5, 0.6) is 0 Å². The van der Waals surface area contributed by atoms with Crippen LogP contribution in [0.2, 0.25) is 0 Å². The lowest BCUT2D eigenvalue weighted by atomic mass is 10.0. The highest BCUT2D eigenvalue weighted by atomic mass is 19.1. The van der Waals surface area contributed by atoms with Gasteiger partial charge in [0.2, 0.25) is 0 Å². The second-order valence-electron chi connectivity index (χ2n) is 5.40. The fourth-order valence-electron chi connectivity index (χ4n) is 2.33. The molecule has 24 heavy (non-hydrogen) atoms. The molecule has 0 N–H and O–H groups in total. The molecule has 0 atom stereocenters. The first-order chi connectivity index (χ1) is 11.7. The van der Waals surface area contributed by atoms with Crippen LogP contribution in [0.25, 0.3) is 24.3 Å². The van der Waals surface area contributed by atoms with E-state index in [1.165, 1.54) is 24.3 Å². The minimum atomic E-state index is -0.241. The van der Waals surface area contributed by atoms with E-state index < -0.39 is 0 Å². The van der Waals surface area contributed by atoms with Crippen molar-refractivity contribution in [2.75, 3.05) is 0 Å². The lowest BCUT2D eigenvalue weighted by Crippen LogP contribution is -1.81. The quantitative estimate of drug-likeness (QED) is 0.495. The Hall–Kier alpha value is -3.00. The van der Waals surface area contributed by atoms with Gasteiger partial charge in [-0.15, -0.1) is 0 Å². The third-order valence-electron chi connectivity index (χ3n) is 3.65. The molecule has 0 spiro atoms. The largest absolute Gasteiger partial charge is 0.207 e. The molecule has 3 rings (SSSR count). The second-order valence-corrected chi connectivity index (χ2v) is 5.40. The van der Waals surface area contributed by atoms with E-state index in [0.717, 1.165) is 22.3 Å². The molecule has 0 saturated carbocycles. The predicted octanol–water partition coefficient (Wildman–Crippen LogP) is 6.31. The van der Waals surface area contributed by atoms with Crippen molar-refractivity contribution in [2.45, 2.75) is 0 Å². The molecule has 0 aliphatic carbocycles. The van der Waals surface area contributed by atoms with Gasteiger partial charge in [0.1, 0.15) is 11.6 Å². The summed E-state index contributed by atoms with van der Waals surface area (Å²) in [7, 11) is 0. The first kappa shape index (κ1) is 15.9. The van der Waals surface area contributed by atoms with Gasteiger partial charge < -0.3 is 0 Å². The Morgan fingerprint density at radius 2 is 0.833 bits per heavy atom. The van der Waals surface area contributed by atoms with Crippen LogP contribution in [0.3, 0.4) is 0 Å². The smallest absolute Gasteiger partial charge is 0.123 e. The van der Waals surface area contributed by atoms with E-state index in [1.807, 2.05) is 48.6 Å². The third-order valence-corrected chi connectivity index (χ3v) is 3.65. The van der Waals surface area contributed by atoms with Crippen molar-refractivity contribution < 1.29 is 8.78 Å². The second kappa shape index (κ2) is 7.51. The van der Waals surface area contributed by atoms with E-state index in [9.17, 15) is 8.78 Å². The van der Waals surface area contributed by atoms with Crippen molar-refractivity contribution in [1.82, 2.24) is 0 Å². The number of rotatable bonds is 4.